The summed E-state index contributed by atoms with van der Waals surface area (Å²) in [5, 5.41) is 10.5. The quantitative estimate of drug-likeness (QED) is 0.631. The predicted molar refractivity (Wildman–Crippen MR) is 74.5 cm³/mol. The number of aromatic amines is 1. The molecule has 0 radical (unpaired) electrons. The summed E-state index contributed by atoms with van der Waals surface area (Å²) >= 11 is 0. The van der Waals surface area contributed by atoms with Gasteiger partial charge in [0.1, 0.15) is 5.69 Å². The van der Waals surface area contributed by atoms with Gasteiger partial charge in [-0.3, -0.25) is 14.9 Å². The van der Waals surface area contributed by atoms with E-state index in [0.29, 0.717) is 13.1 Å². The number of aromatic nitrogens is 1. The van der Waals surface area contributed by atoms with Crippen molar-refractivity contribution >= 4 is 24.0 Å². The van der Waals surface area contributed by atoms with E-state index in [-0.39, 0.29) is 35.1 Å². The molecule has 1 aromatic heterocycles. The number of carbonyl (C=O) groups excluding carboxylic acids is 1. The summed E-state index contributed by atoms with van der Waals surface area (Å²) in [6.45, 7) is 4.84. The lowest BCUT2D eigenvalue weighted by atomic mass is 9.93. The topological polar surface area (TPSA) is 105 Å². The maximum atomic E-state index is 12.0. The van der Waals surface area contributed by atoms with Gasteiger partial charge in [-0.15, -0.1) is 12.4 Å². The lowest BCUT2D eigenvalue weighted by Gasteiger charge is -2.28. The number of amides is 1. The van der Waals surface area contributed by atoms with E-state index in [9.17, 15) is 14.9 Å². The van der Waals surface area contributed by atoms with Gasteiger partial charge in [0.25, 0.3) is 11.6 Å². The van der Waals surface area contributed by atoms with E-state index >= 15 is 0 Å². The standard InChI is InChI=1S/C11H18N4O3.ClH/c1-11(2,6-12)7-14(3)10(16)9-4-8(5-13-9)15(17)18;/h4-5,13H,6-7,12H2,1-3H3;1H. The maximum Gasteiger partial charge on any atom is 0.287 e. The minimum absolute atomic E-state index is 0. The molecule has 3 N–H and O–H groups in total. The van der Waals surface area contributed by atoms with Gasteiger partial charge >= 0.3 is 0 Å². The summed E-state index contributed by atoms with van der Waals surface area (Å²) in [6, 6.07) is 1.23. The average Bonchev–Trinajstić information content (AvgIpc) is 2.76. The number of rotatable bonds is 5. The molecular weight excluding hydrogens is 272 g/mol. The van der Waals surface area contributed by atoms with E-state index in [2.05, 4.69) is 4.98 Å². The summed E-state index contributed by atoms with van der Waals surface area (Å²) in [4.78, 5) is 26.1. The van der Waals surface area contributed by atoms with Crippen LogP contribution in [-0.2, 0) is 0 Å². The molecule has 0 aliphatic carbocycles. The van der Waals surface area contributed by atoms with Crippen molar-refractivity contribution in [3.8, 4) is 0 Å². The fourth-order valence-electron chi connectivity index (χ4n) is 1.60. The number of nitrogens with two attached hydrogens (primary N) is 1. The summed E-state index contributed by atoms with van der Waals surface area (Å²) in [7, 11) is 1.65. The number of hydrogen-bond acceptors (Lipinski definition) is 4. The van der Waals surface area contributed by atoms with Crippen LogP contribution >= 0.6 is 12.4 Å². The molecule has 7 nitrogen and oxygen atoms in total. The third-order valence-corrected chi connectivity index (χ3v) is 2.67. The van der Waals surface area contributed by atoms with E-state index in [0.717, 1.165) is 0 Å². The molecule has 0 aromatic carbocycles. The molecule has 1 rings (SSSR count). The first-order valence-electron chi connectivity index (χ1n) is 5.55. The highest BCUT2D eigenvalue weighted by Crippen LogP contribution is 2.17. The Morgan fingerprint density at radius 1 is 1.58 bits per heavy atom. The van der Waals surface area contributed by atoms with Gasteiger partial charge in [0.2, 0.25) is 0 Å². The second kappa shape index (κ2) is 6.53. The second-order valence-electron chi connectivity index (χ2n) is 5.06. The van der Waals surface area contributed by atoms with Crippen molar-refractivity contribution in [1.29, 1.82) is 0 Å². The Balaban J connectivity index is 0.00000324. The van der Waals surface area contributed by atoms with Crippen molar-refractivity contribution < 1.29 is 9.72 Å². The third kappa shape index (κ3) is 4.53. The highest BCUT2D eigenvalue weighted by Gasteiger charge is 2.23. The molecule has 0 bridgehead atoms. The van der Waals surface area contributed by atoms with Crippen molar-refractivity contribution in [2.45, 2.75) is 13.8 Å². The lowest BCUT2D eigenvalue weighted by Crippen LogP contribution is -2.39. The molecule has 1 aromatic rings. The zero-order valence-electron chi connectivity index (χ0n) is 11.2. The lowest BCUT2D eigenvalue weighted by molar-refractivity contribution is -0.384. The first-order valence-corrected chi connectivity index (χ1v) is 5.55. The summed E-state index contributed by atoms with van der Waals surface area (Å²) < 4.78 is 0. The Morgan fingerprint density at radius 2 is 2.16 bits per heavy atom. The zero-order valence-corrected chi connectivity index (χ0v) is 12.0. The molecule has 1 heterocycles. The Morgan fingerprint density at radius 3 is 2.58 bits per heavy atom. The van der Waals surface area contributed by atoms with Gasteiger partial charge in [0, 0.05) is 19.7 Å². The van der Waals surface area contributed by atoms with Gasteiger partial charge in [-0.2, -0.15) is 0 Å². The summed E-state index contributed by atoms with van der Waals surface area (Å²) in [5.41, 5.74) is 5.50. The molecule has 108 valence electrons. The Bertz CT molecular complexity index is 459. The molecule has 19 heavy (non-hydrogen) atoms. The third-order valence-electron chi connectivity index (χ3n) is 2.67. The van der Waals surface area contributed by atoms with Crippen LogP contribution in [0.5, 0.6) is 0 Å². The number of nitrogens with zero attached hydrogens (tertiary/aromatic N) is 2. The van der Waals surface area contributed by atoms with E-state index < -0.39 is 4.92 Å². The van der Waals surface area contributed by atoms with Gasteiger partial charge in [-0.25, -0.2) is 0 Å². The maximum absolute atomic E-state index is 12.0. The first kappa shape index (κ1) is 17.4. The molecule has 0 spiro atoms. The van der Waals surface area contributed by atoms with Crippen LogP contribution in [0.4, 0.5) is 5.69 Å². The molecule has 8 heteroatoms. The van der Waals surface area contributed by atoms with Crippen LogP contribution in [-0.4, -0.2) is 40.9 Å². The summed E-state index contributed by atoms with van der Waals surface area (Å²) in [6.07, 6.45) is 1.20. The van der Waals surface area contributed by atoms with E-state index in [1.807, 2.05) is 13.8 Å². The Hall–Kier alpha value is -1.60. The van der Waals surface area contributed by atoms with Crippen LogP contribution in [0.25, 0.3) is 0 Å². The molecular formula is C11H19ClN4O3. The molecule has 0 aliphatic rings. The zero-order chi connectivity index (χ0) is 13.9. The monoisotopic (exact) mass is 290 g/mol. The largest absolute Gasteiger partial charge is 0.351 e. The number of nitro groups is 1. The molecule has 0 atom stereocenters. The molecule has 0 unspecified atom stereocenters. The predicted octanol–water partition coefficient (Wildman–Crippen LogP) is 1.40. The average molecular weight is 291 g/mol. The van der Waals surface area contributed by atoms with Crippen molar-refractivity contribution in [2.24, 2.45) is 11.1 Å². The Kier molecular flexibility index (Phi) is 5.98. The molecule has 0 aliphatic heterocycles. The highest BCUT2D eigenvalue weighted by molar-refractivity contribution is 5.93. The van der Waals surface area contributed by atoms with Gasteiger partial charge in [-0.05, 0) is 12.0 Å². The van der Waals surface area contributed by atoms with Crippen LogP contribution in [0.2, 0.25) is 0 Å². The molecule has 1 amide bonds. The van der Waals surface area contributed by atoms with E-state index in [1.54, 1.807) is 7.05 Å². The smallest absolute Gasteiger partial charge is 0.287 e. The van der Waals surface area contributed by atoms with Crippen LogP contribution in [0.1, 0.15) is 24.3 Å². The fraction of sp³-hybridized carbons (Fsp3) is 0.545. The first-order chi connectivity index (χ1) is 8.26. The van der Waals surface area contributed by atoms with E-state index in [4.69, 9.17) is 5.73 Å². The Labute approximate surface area is 117 Å². The normalized spacial score (nSPS) is 10.7. The number of halogens is 1. The van der Waals surface area contributed by atoms with Crippen molar-refractivity contribution in [3.05, 3.63) is 28.1 Å². The molecule has 0 fully saturated rings. The van der Waals surface area contributed by atoms with Gasteiger partial charge in [-0.1, -0.05) is 13.8 Å². The van der Waals surface area contributed by atoms with Gasteiger partial charge < -0.3 is 15.6 Å². The number of carbonyl (C=O) groups is 1. The van der Waals surface area contributed by atoms with Gasteiger partial charge in [0.05, 0.1) is 11.1 Å². The minimum Gasteiger partial charge on any atom is -0.351 e. The fourth-order valence-corrected chi connectivity index (χ4v) is 1.60. The summed E-state index contributed by atoms with van der Waals surface area (Å²) in [5.74, 6) is -0.287. The number of H-pyrrole nitrogens is 1. The SMILES string of the molecule is CN(CC(C)(C)CN)C(=O)c1cc([N+](=O)[O-])c[nH]1.Cl. The van der Waals surface area contributed by atoms with Crippen LogP contribution in [0.3, 0.4) is 0 Å². The van der Waals surface area contributed by atoms with Crippen molar-refractivity contribution in [3.63, 3.8) is 0 Å². The number of hydrogen-bond donors (Lipinski definition) is 2. The molecule has 0 saturated carbocycles. The van der Waals surface area contributed by atoms with Crippen LogP contribution in [0.15, 0.2) is 12.3 Å². The van der Waals surface area contributed by atoms with Crippen LogP contribution in [0, 0.1) is 15.5 Å². The highest BCUT2D eigenvalue weighted by atomic mass is 35.5. The second-order valence-corrected chi connectivity index (χ2v) is 5.06. The van der Waals surface area contributed by atoms with Crippen molar-refractivity contribution in [1.82, 2.24) is 9.88 Å². The molecule has 0 saturated heterocycles. The minimum atomic E-state index is -0.545. The van der Waals surface area contributed by atoms with Crippen LogP contribution < -0.4 is 5.73 Å². The van der Waals surface area contributed by atoms with Crippen molar-refractivity contribution in [2.75, 3.05) is 20.1 Å². The van der Waals surface area contributed by atoms with E-state index in [1.165, 1.54) is 17.2 Å². The number of nitrogens with one attached hydrogen (secondary N) is 1. The van der Waals surface area contributed by atoms with Gasteiger partial charge in [0.15, 0.2) is 0 Å².